The standard InChI is InChI=1S/C30H32N4O8/c1-34(2)22-19-11-16-10-15-8-9-20(33-29(41)28(40)32-13-14-6-4-3-5-7-14)23(35)17(15)12-18(16)25(37)30(19,42)26(38)21(24(22)36)27(31)39/h3-9,16,18-19,21-22,35,42H,10-13H2,1-2H3,(H2,31,39)(H,32,40)(H,33,41)/t16?,18?,19?,21?,22-,30?/m0/s1. The van der Waals surface area contributed by atoms with E-state index in [4.69, 9.17) is 5.73 Å². The number of hydrogen-bond acceptors (Lipinski definition) is 9. The lowest BCUT2D eigenvalue weighted by Crippen LogP contribution is -2.73. The van der Waals surface area contributed by atoms with Gasteiger partial charge in [-0.3, -0.25) is 33.7 Å². The van der Waals surface area contributed by atoms with Crippen molar-refractivity contribution in [1.29, 1.82) is 0 Å². The zero-order chi connectivity index (χ0) is 30.5. The molecule has 5 unspecified atom stereocenters. The summed E-state index contributed by atoms with van der Waals surface area (Å²) >= 11 is 0. The number of aliphatic hydroxyl groups is 1. The minimum Gasteiger partial charge on any atom is -0.505 e. The molecule has 12 nitrogen and oxygen atoms in total. The first-order valence-corrected chi connectivity index (χ1v) is 13.6. The van der Waals surface area contributed by atoms with Crippen LogP contribution >= 0.6 is 0 Å². The predicted octanol–water partition coefficient (Wildman–Crippen LogP) is -0.518. The average Bonchev–Trinajstić information content (AvgIpc) is 2.95. The van der Waals surface area contributed by atoms with Crippen molar-refractivity contribution in [2.75, 3.05) is 19.4 Å². The van der Waals surface area contributed by atoms with Gasteiger partial charge >= 0.3 is 11.8 Å². The molecule has 2 fully saturated rings. The highest BCUT2D eigenvalue weighted by Crippen LogP contribution is 2.51. The fourth-order valence-electron chi connectivity index (χ4n) is 6.83. The third-order valence-electron chi connectivity index (χ3n) is 8.85. The summed E-state index contributed by atoms with van der Waals surface area (Å²) in [6.45, 7) is 0.133. The van der Waals surface area contributed by atoms with Gasteiger partial charge in [-0.2, -0.15) is 0 Å². The monoisotopic (exact) mass is 576 g/mol. The summed E-state index contributed by atoms with van der Waals surface area (Å²) in [6.07, 6.45) is 0.400. The highest BCUT2D eigenvalue weighted by atomic mass is 16.3. The van der Waals surface area contributed by atoms with Crippen molar-refractivity contribution in [1.82, 2.24) is 10.2 Å². The number of Topliss-reactive ketones (excluding diaryl/α,β-unsaturated/α-hetero) is 3. The Bertz CT molecular complexity index is 1510. The van der Waals surface area contributed by atoms with Crippen LogP contribution in [-0.4, -0.2) is 75.9 Å². The van der Waals surface area contributed by atoms with Crippen LogP contribution in [0.25, 0.3) is 0 Å². The first-order valence-electron chi connectivity index (χ1n) is 13.6. The third kappa shape index (κ3) is 4.66. The Morgan fingerprint density at radius 1 is 1.00 bits per heavy atom. The molecule has 0 radical (unpaired) electrons. The van der Waals surface area contributed by atoms with Crippen molar-refractivity contribution in [3.63, 3.8) is 0 Å². The molecule has 6 atom stereocenters. The zero-order valence-electron chi connectivity index (χ0n) is 23.1. The summed E-state index contributed by atoms with van der Waals surface area (Å²) in [5.74, 6) is -10.5. The van der Waals surface area contributed by atoms with E-state index in [-0.39, 0.29) is 36.7 Å². The van der Waals surface area contributed by atoms with Crippen molar-refractivity contribution < 1.29 is 39.0 Å². The number of nitrogens with two attached hydrogens (primary N) is 1. The lowest BCUT2D eigenvalue weighted by molar-refractivity contribution is -0.183. The number of benzene rings is 2. The summed E-state index contributed by atoms with van der Waals surface area (Å²) in [5, 5.41) is 27.6. The maximum absolute atomic E-state index is 13.9. The number of rotatable bonds is 5. The zero-order valence-corrected chi connectivity index (χ0v) is 23.1. The Balaban J connectivity index is 1.39. The number of phenols is 1. The van der Waals surface area contributed by atoms with Crippen molar-refractivity contribution in [2.45, 2.75) is 37.5 Å². The van der Waals surface area contributed by atoms with E-state index in [1.165, 1.54) is 11.0 Å². The van der Waals surface area contributed by atoms with E-state index in [1.54, 1.807) is 44.4 Å². The van der Waals surface area contributed by atoms with Gasteiger partial charge < -0.3 is 26.6 Å². The number of carbonyl (C=O) groups is 6. The maximum atomic E-state index is 13.9. The molecule has 2 saturated carbocycles. The average molecular weight is 577 g/mol. The van der Waals surface area contributed by atoms with Gasteiger partial charge in [0.05, 0.1) is 11.7 Å². The van der Waals surface area contributed by atoms with Gasteiger partial charge in [-0.15, -0.1) is 0 Å². The van der Waals surface area contributed by atoms with Crippen LogP contribution in [0.15, 0.2) is 42.5 Å². The van der Waals surface area contributed by atoms with Crippen molar-refractivity contribution in [2.24, 2.45) is 29.4 Å². The van der Waals surface area contributed by atoms with Gasteiger partial charge in [0.15, 0.2) is 28.9 Å². The second-order valence-corrected chi connectivity index (χ2v) is 11.5. The van der Waals surface area contributed by atoms with E-state index in [0.717, 1.165) is 5.56 Å². The molecule has 0 aromatic heterocycles. The number of phenolic OH excluding ortho intramolecular Hbond substituents is 1. The first-order chi connectivity index (χ1) is 19.9. The molecule has 5 rings (SSSR count). The number of primary amides is 1. The van der Waals surface area contributed by atoms with Crippen LogP contribution in [0.3, 0.4) is 0 Å². The number of aromatic hydroxyl groups is 1. The van der Waals surface area contributed by atoms with Crippen LogP contribution in [0.4, 0.5) is 5.69 Å². The molecule has 2 aromatic rings. The van der Waals surface area contributed by atoms with Crippen LogP contribution in [0, 0.1) is 23.7 Å². The molecule has 2 aromatic carbocycles. The van der Waals surface area contributed by atoms with E-state index in [1.807, 2.05) is 6.07 Å². The Hall–Kier alpha value is -4.42. The molecule has 0 saturated heterocycles. The molecule has 3 aliphatic carbocycles. The highest BCUT2D eigenvalue weighted by Gasteiger charge is 2.68. The topological polar surface area (TPSA) is 196 Å². The molecular formula is C30H32N4O8. The second-order valence-electron chi connectivity index (χ2n) is 11.5. The molecule has 3 aliphatic rings. The van der Waals surface area contributed by atoms with E-state index in [9.17, 15) is 39.0 Å². The van der Waals surface area contributed by atoms with Crippen LogP contribution in [0.2, 0.25) is 0 Å². The summed E-state index contributed by atoms with van der Waals surface area (Å²) in [5.41, 5.74) is 4.56. The summed E-state index contributed by atoms with van der Waals surface area (Å²) < 4.78 is 0. The lowest BCUT2D eigenvalue weighted by atomic mass is 9.52. The molecule has 0 spiro atoms. The molecular weight excluding hydrogens is 544 g/mol. The van der Waals surface area contributed by atoms with Crippen molar-refractivity contribution >= 4 is 40.8 Å². The van der Waals surface area contributed by atoms with E-state index in [2.05, 4.69) is 10.6 Å². The summed E-state index contributed by atoms with van der Waals surface area (Å²) in [7, 11) is 3.14. The molecule has 0 aliphatic heterocycles. The normalized spacial score (nSPS) is 28.4. The van der Waals surface area contributed by atoms with Gasteiger partial charge in [-0.05, 0) is 62.0 Å². The number of fused-ring (bicyclic) bond motifs is 3. The molecule has 12 heteroatoms. The van der Waals surface area contributed by atoms with E-state index in [0.29, 0.717) is 17.5 Å². The molecule has 42 heavy (non-hydrogen) atoms. The van der Waals surface area contributed by atoms with E-state index >= 15 is 0 Å². The fraction of sp³-hybridized carbons (Fsp3) is 0.400. The summed E-state index contributed by atoms with van der Waals surface area (Å²) in [4.78, 5) is 78.8. The third-order valence-corrected chi connectivity index (χ3v) is 8.85. The maximum Gasteiger partial charge on any atom is 0.313 e. The molecule has 0 heterocycles. The van der Waals surface area contributed by atoms with Gasteiger partial charge in [0, 0.05) is 18.4 Å². The number of carbonyl (C=O) groups excluding carboxylic acids is 6. The van der Waals surface area contributed by atoms with Crippen LogP contribution in [-0.2, 0) is 48.2 Å². The number of nitrogens with zero attached hydrogens (tertiary/aromatic N) is 1. The Labute approximate surface area is 241 Å². The van der Waals surface area contributed by atoms with Gasteiger partial charge in [0.2, 0.25) is 5.91 Å². The molecule has 0 bridgehead atoms. The van der Waals surface area contributed by atoms with Crippen LogP contribution in [0.1, 0.15) is 23.1 Å². The lowest BCUT2D eigenvalue weighted by Gasteiger charge is -2.53. The Kier molecular flexibility index (Phi) is 7.46. The first kappa shape index (κ1) is 29.1. The number of nitrogens with one attached hydrogen (secondary N) is 2. The van der Waals surface area contributed by atoms with E-state index < -0.39 is 64.5 Å². The fourth-order valence-corrected chi connectivity index (χ4v) is 6.83. The van der Waals surface area contributed by atoms with Gasteiger partial charge in [-0.1, -0.05) is 36.4 Å². The Morgan fingerprint density at radius 3 is 2.33 bits per heavy atom. The molecule has 220 valence electrons. The number of likely N-dealkylation sites (N-methyl/N-ethyl adjacent to an activating group) is 1. The largest absolute Gasteiger partial charge is 0.505 e. The van der Waals surface area contributed by atoms with Gasteiger partial charge in [0.1, 0.15) is 5.75 Å². The molecule has 6 N–H and O–H groups in total. The minimum absolute atomic E-state index is 0.0345. The van der Waals surface area contributed by atoms with Gasteiger partial charge in [0.25, 0.3) is 0 Å². The van der Waals surface area contributed by atoms with Crippen LogP contribution < -0.4 is 16.4 Å². The Morgan fingerprint density at radius 2 is 1.69 bits per heavy atom. The smallest absolute Gasteiger partial charge is 0.313 e. The predicted molar refractivity (Wildman–Crippen MR) is 148 cm³/mol. The molecule has 3 amide bonds. The van der Waals surface area contributed by atoms with Crippen LogP contribution in [0.5, 0.6) is 5.75 Å². The SMILES string of the molecule is CN(C)[C@@H]1C(=O)C(C(N)=O)C(=O)C2(O)C(=O)C3Cc4c(ccc(NC(=O)C(=O)NCc5ccccc5)c4O)CC3CC12. The number of amides is 3. The minimum atomic E-state index is -2.60. The quantitative estimate of drug-likeness (QED) is 0.177. The number of anilines is 1. The number of hydrogen-bond donors (Lipinski definition) is 5. The van der Waals surface area contributed by atoms with Crippen molar-refractivity contribution in [3.8, 4) is 5.75 Å². The van der Waals surface area contributed by atoms with Crippen molar-refractivity contribution in [3.05, 3.63) is 59.2 Å². The number of ketones is 3. The second kappa shape index (κ2) is 10.8. The highest BCUT2D eigenvalue weighted by molar-refractivity contribution is 6.39. The summed E-state index contributed by atoms with van der Waals surface area (Å²) in [6, 6.07) is 11.1. The van der Waals surface area contributed by atoms with Gasteiger partial charge in [-0.25, -0.2) is 0 Å².